The maximum atomic E-state index is 12.4. The van der Waals surface area contributed by atoms with E-state index in [4.69, 9.17) is 23.1 Å². The van der Waals surface area contributed by atoms with Crippen LogP contribution in [0.15, 0.2) is 17.2 Å². The van der Waals surface area contributed by atoms with Gasteiger partial charge in [0, 0.05) is 12.2 Å². The highest BCUT2D eigenvalue weighted by Gasteiger charge is 2.29. The number of nitrogens with two attached hydrogens (primary N) is 2. The lowest BCUT2D eigenvalue weighted by molar-refractivity contribution is 0.296. The Morgan fingerprint density at radius 3 is 2.71 bits per heavy atom. The number of halogens is 2. The standard InChI is InChI=1S/C12H19ClN4O2S.ClH/c13-9-5-11(12(15)16-7-9)20(18,19)17-10-4-2-1-3-8(10)6-14;/h5,7-8,10,17H,1-4,6,14H2,(H2,15,16);1H. The van der Waals surface area contributed by atoms with Gasteiger partial charge < -0.3 is 11.5 Å². The molecule has 2 atom stereocenters. The summed E-state index contributed by atoms with van der Waals surface area (Å²) in [5.74, 6) is 0.105. The van der Waals surface area contributed by atoms with Gasteiger partial charge in [0.1, 0.15) is 10.7 Å². The minimum absolute atomic E-state index is 0. The fraction of sp³-hybridized carbons (Fsp3) is 0.583. The Morgan fingerprint density at radius 2 is 2.05 bits per heavy atom. The molecule has 120 valence electrons. The summed E-state index contributed by atoms with van der Waals surface area (Å²) in [5, 5.41) is 0.235. The fourth-order valence-electron chi connectivity index (χ4n) is 2.55. The van der Waals surface area contributed by atoms with E-state index in [2.05, 4.69) is 9.71 Å². The molecule has 9 heteroatoms. The van der Waals surface area contributed by atoms with Crippen molar-refractivity contribution in [3.05, 3.63) is 17.3 Å². The van der Waals surface area contributed by atoms with Crippen LogP contribution in [-0.4, -0.2) is 26.0 Å². The third-order valence-corrected chi connectivity index (χ3v) is 5.38. The molecule has 2 unspecified atom stereocenters. The van der Waals surface area contributed by atoms with Gasteiger partial charge in [-0.2, -0.15) is 0 Å². The highest BCUT2D eigenvalue weighted by Crippen LogP contribution is 2.26. The van der Waals surface area contributed by atoms with Gasteiger partial charge in [0.05, 0.1) is 5.02 Å². The Hall–Kier alpha value is -0.600. The quantitative estimate of drug-likeness (QED) is 0.759. The smallest absolute Gasteiger partial charge is 0.244 e. The van der Waals surface area contributed by atoms with E-state index in [1.165, 1.54) is 12.3 Å². The number of rotatable bonds is 4. The first kappa shape index (κ1) is 18.4. The molecule has 21 heavy (non-hydrogen) atoms. The van der Waals surface area contributed by atoms with Crippen LogP contribution in [0.3, 0.4) is 0 Å². The largest absolute Gasteiger partial charge is 0.383 e. The maximum absolute atomic E-state index is 12.4. The Bertz CT molecular complexity index is 583. The first-order valence-corrected chi connectivity index (χ1v) is 8.43. The average Bonchev–Trinajstić information content (AvgIpc) is 2.41. The van der Waals surface area contributed by atoms with E-state index in [0.29, 0.717) is 6.54 Å². The maximum Gasteiger partial charge on any atom is 0.244 e. The molecule has 0 saturated heterocycles. The summed E-state index contributed by atoms with van der Waals surface area (Å²) >= 11 is 5.79. The third-order valence-electron chi connectivity index (χ3n) is 3.66. The van der Waals surface area contributed by atoms with Crippen molar-refractivity contribution in [1.29, 1.82) is 0 Å². The second kappa shape index (κ2) is 7.60. The molecule has 0 aliphatic heterocycles. The third kappa shape index (κ3) is 4.43. The van der Waals surface area contributed by atoms with E-state index in [1.807, 2.05) is 0 Å². The molecule has 2 rings (SSSR count). The average molecular weight is 355 g/mol. The Balaban J connectivity index is 0.00000220. The lowest BCUT2D eigenvalue weighted by Gasteiger charge is -2.31. The molecule has 1 aliphatic rings. The van der Waals surface area contributed by atoms with Crippen molar-refractivity contribution < 1.29 is 8.42 Å². The zero-order valence-electron chi connectivity index (χ0n) is 11.5. The number of hydrogen-bond acceptors (Lipinski definition) is 5. The number of anilines is 1. The molecule has 0 spiro atoms. The fourth-order valence-corrected chi connectivity index (χ4v) is 4.22. The molecule has 1 fully saturated rings. The molecule has 1 heterocycles. The van der Waals surface area contributed by atoms with Crippen molar-refractivity contribution in [3.8, 4) is 0 Å². The summed E-state index contributed by atoms with van der Waals surface area (Å²) in [6.45, 7) is 0.469. The van der Waals surface area contributed by atoms with Crippen LogP contribution in [-0.2, 0) is 10.0 Å². The van der Waals surface area contributed by atoms with E-state index < -0.39 is 10.0 Å². The van der Waals surface area contributed by atoms with Crippen LogP contribution in [0, 0.1) is 5.92 Å². The van der Waals surface area contributed by atoms with Crippen LogP contribution in [0.25, 0.3) is 0 Å². The topological polar surface area (TPSA) is 111 Å². The highest BCUT2D eigenvalue weighted by atomic mass is 35.5. The molecule has 6 nitrogen and oxygen atoms in total. The zero-order valence-corrected chi connectivity index (χ0v) is 13.8. The van der Waals surface area contributed by atoms with Crippen molar-refractivity contribution in [3.63, 3.8) is 0 Å². The van der Waals surface area contributed by atoms with Gasteiger partial charge in [-0.3, -0.25) is 0 Å². The van der Waals surface area contributed by atoms with Crippen molar-refractivity contribution in [2.75, 3.05) is 12.3 Å². The molecule has 1 aromatic rings. The number of aromatic nitrogens is 1. The monoisotopic (exact) mass is 354 g/mol. The molecule has 5 N–H and O–H groups in total. The second-order valence-corrected chi connectivity index (χ2v) is 7.16. The molecule has 0 aromatic carbocycles. The van der Waals surface area contributed by atoms with E-state index in [1.54, 1.807) is 0 Å². The number of sulfonamides is 1. The summed E-state index contributed by atoms with van der Waals surface area (Å²) in [4.78, 5) is 3.70. The van der Waals surface area contributed by atoms with Gasteiger partial charge in [0.2, 0.25) is 10.0 Å². The lowest BCUT2D eigenvalue weighted by atomic mass is 9.85. The van der Waals surface area contributed by atoms with Crippen LogP contribution < -0.4 is 16.2 Å². The van der Waals surface area contributed by atoms with Crippen LogP contribution >= 0.6 is 24.0 Å². The number of nitrogen functional groups attached to an aromatic ring is 1. The van der Waals surface area contributed by atoms with Crippen LogP contribution in [0.5, 0.6) is 0 Å². The van der Waals surface area contributed by atoms with E-state index in [9.17, 15) is 8.42 Å². The molecule has 1 saturated carbocycles. The molecular weight excluding hydrogens is 335 g/mol. The van der Waals surface area contributed by atoms with Gasteiger partial charge in [-0.25, -0.2) is 18.1 Å². The summed E-state index contributed by atoms with van der Waals surface area (Å²) in [5.41, 5.74) is 11.3. The van der Waals surface area contributed by atoms with Crippen LogP contribution in [0.1, 0.15) is 25.7 Å². The molecule has 1 aromatic heterocycles. The van der Waals surface area contributed by atoms with Crippen LogP contribution in [0.2, 0.25) is 5.02 Å². The summed E-state index contributed by atoms with van der Waals surface area (Å²) in [6.07, 6.45) is 5.12. The van der Waals surface area contributed by atoms with Gasteiger partial charge in [-0.15, -0.1) is 12.4 Å². The van der Waals surface area contributed by atoms with Gasteiger partial charge in [0.25, 0.3) is 0 Å². The van der Waals surface area contributed by atoms with Crippen molar-refractivity contribution in [1.82, 2.24) is 9.71 Å². The first-order chi connectivity index (χ1) is 9.44. The molecular formula is C12H20Cl2N4O2S. The lowest BCUT2D eigenvalue weighted by Crippen LogP contribution is -2.44. The van der Waals surface area contributed by atoms with E-state index in [-0.39, 0.29) is 40.1 Å². The molecule has 0 bridgehead atoms. The zero-order chi connectivity index (χ0) is 14.8. The Labute approximate surface area is 136 Å². The molecule has 0 radical (unpaired) electrons. The summed E-state index contributed by atoms with van der Waals surface area (Å²) < 4.78 is 27.5. The van der Waals surface area contributed by atoms with E-state index >= 15 is 0 Å². The highest BCUT2D eigenvalue weighted by molar-refractivity contribution is 7.89. The Kier molecular flexibility index (Phi) is 6.68. The van der Waals surface area contributed by atoms with Gasteiger partial charge >= 0.3 is 0 Å². The number of pyridine rings is 1. The first-order valence-electron chi connectivity index (χ1n) is 6.57. The normalized spacial score (nSPS) is 22.6. The van der Waals surface area contributed by atoms with E-state index in [0.717, 1.165) is 25.7 Å². The minimum atomic E-state index is -3.73. The van der Waals surface area contributed by atoms with Crippen LogP contribution in [0.4, 0.5) is 5.82 Å². The summed E-state index contributed by atoms with van der Waals surface area (Å²) in [7, 11) is -3.73. The SMILES string of the molecule is Cl.NCC1CCCCC1NS(=O)(=O)c1cc(Cl)cnc1N. The van der Waals surface area contributed by atoms with Crippen molar-refractivity contribution in [2.24, 2.45) is 11.7 Å². The Morgan fingerprint density at radius 1 is 1.38 bits per heavy atom. The van der Waals surface area contributed by atoms with Gasteiger partial charge in [-0.05, 0) is 31.4 Å². The molecule has 0 amide bonds. The predicted molar refractivity (Wildman–Crippen MR) is 86.0 cm³/mol. The van der Waals surface area contributed by atoms with Gasteiger partial charge in [-0.1, -0.05) is 24.4 Å². The summed E-state index contributed by atoms with van der Waals surface area (Å²) in [6, 6.07) is 1.16. The number of nitrogens with zero attached hydrogens (tertiary/aromatic N) is 1. The van der Waals surface area contributed by atoms with Gasteiger partial charge in [0.15, 0.2) is 0 Å². The van der Waals surface area contributed by atoms with Crippen molar-refractivity contribution in [2.45, 2.75) is 36.6 Å². The second-order valence-electron chi connectivity index (χ2n) is 5.04. The minimum Gasteiger partial charge on any atom is -0.383 e. The number of nitrogens with one attached hydrogen (secondary N) is 1. The molecule has 1 aliphatic carbocycles. The number of hydrogen-bond donors (Lipinski definition) is 3. The van der Waals surface area contributed by atoms with Crippen molar-refractivity contribution >= 4 is 39.8 Å². The predicted octanol–water partition coefficient (Wildman–Crippen LogP) is 1.53.